The highest BCUT2D eigenvalue weighted by Crippen LogP contribution is 2.37. The summed E-state index contributed by atoms with van der Waals surface area (Å²) in [4.78, 5) is 28.9. The lowest BCUT2D eigenvalue weighted by molar-refractivity contribution is -0.133. The molecule has 5 nitrogen and oxygen atoms in total. The zero-order valence-corrected chi connectivity index (χ0v) is 15.6. The Morgan fingerprint density at radius 3 is 2.52 bits per heavy atom. The van der Waals surface area contributed by atoms with Gasteiger partial charge in [-0.2, -0.15) is 0 Å². The SMILES string of the molecule is C[C@H](c1ccccc1)N1C[C@@H]2CN(C(=O)OC(C)(C)C)CC[C@H]2C1=O. The number of carbonyl (C=O) groups is 2. The number of hydrogen-bond donors (Lipinski definition) is 0. The fourth-order valence-corrected chi connectivity index (χ4v) is 3.85. The van der Waals surface area contributed by atoms with E-state index in [1.807, 2.05) is 43.9 Å². The van der Waals surface area contributed by atoms with Crippen LogP contribution in [0.2, 0.25) is 0 Å². The van der Waals surface area contributed by atoms with Gasteiger partial charge in [0, 0.05) is 31.5 Å². The fraction of sp³-hybridized carbons (Fsp3) is 0.600. The molecule has 5 heteroatoms. The maximum atomic E-state index is 12.9. The van der Waals surface area contributed by atoms with Crippen LogP contribution in [0.1, 0.15) is 45.7 Å². The molecule has 2 aliphatic heterocycles. The Bertz CT molecular complexity index is 638. The Labute approximate surface area is 149 Å². The normalized spacial score (nSPS) is 24.9. The number of nitrogens with zero attached hydrogens (tertiary/aromatic N) is 2. The highest BCUT2D eigenvalue weighted by Gasteiger charge is 2.46. The molecule has 136 valence electrons. The molecular weight excluding hydrogens is 316 g/mol. The minimum absolute atomic E-state index is 0.0323. The van der Waals surface area contributed by atoms with E-state index in [4.69, 9.17) is 4.74 Å². The minimum atomic E-state index is -0.493. The van der Waals surface area contributed by atoms with Crippen LogP contribution in [0.5, 0.6) is 0 Å². The molecule has 0 aliphatic carbocycles. The van der Waals surface area contributed by atoms with Crippen LogP contribution < -0.4 is 0 Å². The van der Waals surface area contributed by atoms with Crippen LogP contribution in [0, 0.1) is 11.8 Å². The van der Waals surface area contributed by atoms with E-state index in [1.165, 1.54) is 0 Å². The summed E-state index contributed by atoms with van der Waals surface area (Å²) < 4.78 is 5.48. The monoisotopic (exact) mass is 344 g/mol. The maximum absolute atomic E-state index is 12.9. The zero-order valence-electron chi connectivity index (χ0n) is 15.6. The van der Waals surface area contributed by atoms with E-state index in [0.717, 1.165) is 12.0 Å². The Hall–Kier alpha value is -2.04. The predicted molar refractivity (Wildman–Crippen MR) is 96.0 cm³/mol. The summed E-state index contributed by atoms with van der Waals surface area (Å²) in [6, 6.07) is 10.2. The number of hydrogen-bond acceptors (Lipinski definition) is 3. The maximum Gasteiger partial charge on any atom is 0.410 e. The van der Waals surface area contributed by atoms with Gasteiger partial charge in [0.05, 0.1) is 6.04 Å². The van der Waals surface area contributed by atoms with Crippen molar-refractivity contribution < 1.29 is 14.3 Å². The number of benzene rings is 1. The highest BCUT2D eigenvalue weighted by atomic mass is 16.6. The topological polar surface area (TPSA) is 49.9 Å². The van der Waals surface area contributed by atoms with Crippen LogP contribution >= 0.6 is 0 Å². The van der Waals surface area contributed by atoms with E-state index in [2.05, 4.69) is 19.1 Å². The number of ether oxygens (including phenoxy) is 1. The molecule has 1 aromatic rings. The smallest absolute Gasteiger partial charge is 0.410 e. The van der Waals surface area contributed by atoms with Crippen molar-refractivity contribution in [3.8, 4) is 0 Å². The third-order valence-electron chi connectivity index (χ3n) is 5.17. The van der Waals surface area contributed by atoms with Gasteiger partial charge in [0.15, 0.2) is 0 Å². The van der Waals surface area contributed by atoms with Crippen molar-refractivity contribution in [2.24, 2.45) is 11.8 Å². The van der Waals surface area contributed by atoms with Crippen LogP contribution in [0.25, 0.3) is 0 Å². The highest BCUT2D eigenvalue weighted by molar-refractivity contribution is 5.82. The fourth-order valence-electron chi connectivity index (χ4n) is 3.85. The number of piperidine rings is 1. The molecule has 0 radical (unpaired) electrons. The van der Waals surface area contributed by atoms with E-state index in [0.29, 0.717) is 19.6 Å². The van der Waals surface area contributed by atoms with E-state index in [1.54, 1.807) is 4.90 Å². The number of rotatable bonds is 2. The van der Waals surface area contributed by atoms with E-state index in [-0.39, 0.29) is 29.9 Å². The van der Waals surface area contributed by atoms with E-state index >= 15 is 0 Å². The largest absolute Gasteiger partial charge is 0.444 e. The molecule has 0 N–H and O–H groups in total. The predicted octanol–water partition coefficient (Wildman–Crippen LogP) is 3.46. The lowest BCUT2D eigenvalue weighted by Crippen LogP contribution is -2.46. The van der Waals surface area contributed by atoms with Crippen molar-refractivity contribution >= 4 is 12.0 Å². The van der Waals surface area contributed by atoms with Crippen LogP contribution in [0.4, 0.5) is 4.79 Å². The second kappa shape index (κ2) is 6.70. The summed E-state index contributed by atoms with van der Waals surface area (Å²) in [5.74, 6) is 0.454. The van der Waals surface area contributed by atoms with Crippen LogP contribution in [0.3, 0.4) is 0 Å². The van der Waals surface area contributed by atoms with Crippen molar-refractivity contribution in [1.29, 1.82) is 0 Å². The Morgan fingerprint density at radius 2 is 1.88 bits per heavy atom. The van der Waals surface area contributed by atoms with Crippen molar-refractivity contribution in [2.45, 2.75) is 45.8 Å². The van der Waals surface area contributed by atoms with Gasteiger partial charge in [0.25, 0.3) is 0 Å². The molecule has 3 rings (SSSR count). The van der Waals surface area contributed by atoms with Crippen LogP contribution in [-0.4, -0.2) is 47.0 Å². The molecule has 2 aliphatic rings. The molecule has 3 atom stereocenters. The quantitative estimate of drug-likeness (QED) is 0.825. The Morgan fingerprint density at radius 1 is 1.20 bits per heavy atom. The molecule has 25 heavy (non-hydrogen) atoms. The van der Waals surface area contributed by atoms with Gasteiger partial charge < -0.3 is 14.5 Å². The summed E-state index contributed by atoms with van der Waals surface area (Å²) >= 11 is 0. The molecule has 0 bridgehead atoms. The number of likely N-dealkylation sites (tertiary alicyclic amines) is 2. The minimum Gasteiger partial charge on any atom is -0.444 e. The Kier molecular flexibility index (Phi) is 4.76. The van der Waals surface area contributed by atoms with Gasteiger partial charge in [-0.15, -0.1) is 0 Å². The standard InChI is InChI=1S/C20H28N2O3/c1-14(15-8-6-5-7-9-15)22-13-16-12-21(11-10-17(16)18(22)23)19(24)25-20(2,3)4/h5-9,14,16-17H,10-13H2,1-4H3/t14-,16+,17-/m1/s1. The zero-order chi connectivity index (χ0) is 18.2. The Balaban J connectivity index is 1.67. The first kappa shape index (κ1) is 17.8. The molecular formula is C20H28N2O3. The summed E-state index contributed by atoms with van der Waals surface area (Å²) in [6.07, 6.45) is 0.453. The first-order valence-electron chi connectivity index (χ1n) is 9.09. The second-order valence-electron chi connectivity index (χ2n) is 8.16. The van der Waals surface area contributed by atoms with Crippen LogP contribution in [-0.2, 0) is 9.53 Å². The first-order valence-corrected chi connectivity index (χ1v) is 9.09. The molecule has 0 saturated carbocycles. The van der Waals surface area contributed by atoms with E-state index < -0.39 is 5.60 Å². The molecule has 0 aromatic heterocycles. The van der Waals surface area contributed by atoms with Gasteiger partial charge in [-0.3, -0.25) is 4.79 Å². The van der Waals surface area contributed by atoms with Crippen molar-refractivity contribution in [1.82, 2.24) is 9.80 Å². The van der Waals surface area contributed by atoms with Crippen molar-refractivity contribution in [2.75, 3.05) is 19.6 Å². The molecule has 0 spiro atoms. The van der Waals surface area contributed by atoms with Gasteiger partial charge in [0.2, 0.25) is 5.91 Å². The second-order valence-corrected chi connectivity index (χ2v) is 8.16. The average molecular weight is 344 g/mol. The lowest BCUT2D eigenvalue weighted by atomic mass is 9.88. The number of amides is 2. The van der Waals surface area contributed by atoms with Gasteiger partial charge in [-0.05, 0) is 39.7 Å². The molecule has 1 aromatic carbocycles. The third kappa shape index (κ3) is 3.80. The first-order chi connectivity index (χ1) is 11.8. The molecule has 2 saturated heterocycles. The van der Waals surface area contributed by atoms with Gasteiger partial charge in [0.1, 0.15) is 5.60 Å². The van der Waals surface area contributed by atoms with Crippen LogP contribution in [0.15, 0.2) is 30.3 Å². The lowest BCUT2D eigenvalue weighted by Gasteiger charge is -2.34. The summed E-state index contributed by atoms with van der Waals surface area (Å²) in [5, 5.41) is 0. The summed E-state index contributed by atoms with van der Waals surface area (Å²) in [7, 11) is 0. The van der Waals surface area contributed by atoms with Gasteiger partial charge in [-0.25, -0.2) is 4.79 Å². The summed E-state index contributed by atoms with van der Waals surface area (Å²) in [6.45, 7) is 9.60. The van der Waals surface area contributed by atoms with E-state index in [9.17, 15) is 9.59 Å². The van der Waals surface area contributed by atoms with Gasteiger partial charge >= 0.3 is 6.09 Å². The number of fused-ring (bicyclic) bond motifs is 1. The van der Waals surface area contributed by atoms with Gasteiger partial charge in [-0.1, -0.05) is 30.3 Å². The number of carbonyl (C=O) groups excluding carboxylic acids is 2. The van der Waals surface area contributed by atoms with Crippen molar-refractivity contribution in [3.63, 3.8) is 0 Å². The molecule has 2 fully saturated rings. The average Bonchev–Trinajstić information content (AvgIpc) is 2.90. The molecule has 2 amide bonds. The van der Waals surface area contributed by atoms with Crippen molar-refractivity contribution in [3.05, 3.63) is 35.9 Å². The molecule has 2 heterocycles. The molecule has 0 unspecified atom stereocenters. The summed E-state index contributed by atoms with van der Waals surface area (Å²) in [5.41, 5.74) is 0.659. The third-order valence-corrected chi connectivity index (χ3v) is 5.17.